The molecule has 1 saturated heterocycles. The molecule has 2 aromatic carbocycles. The van der Waals surface area contributed by atoms with Crippen LogP contribution in [0, 0.1) is 6.92 Å². The highest BCUT2D eigenvalue weighted by Gasteiger charge is 2.41. The number of carbonyl (C=O) groups is 2. The van der Waals surface area contributed by atoms with Gasteiger partial charge in [0.25, 0.3) is 5.91 Å². The number of carbonyl (C=O) groups excluding carboxylic acids is 2. The molecule has 7 heteroatoms. The van der Waals surface area contributed by atoms with E-state index < -0.39 is 0 Å². The van der Waals surface area contributed by atoms with E-state index in [1.54, 1.807) is 11.1 Å². The van der Waals surface area contributed by atoms with E-state index in [0.717, 1.165) is 46.6 Å². The van der Waals surface area contributed by atoms with E-state index >= 15 is 0 Å². The molecule has 1 atom stereocenters. The maximum absolute atomic E-state index is 13.6. The van der Waals surface area contributed by atoms with E-state index in [1.165, 1.54) is 0 Å². The average molecular weight is 480 g/mol. The van der Waals surface area contributed by atoms with Crippen molar-refractivity contribution in [1.82, 2.24) is 19.4 Å². The topological polar surface area (TPSA) is 61.7 Å². The van der Waals surface area contributed by atoms with Gasteiger partial charge in [0.05, 0.1) is 6.04 Å². The molecule has 2 aliphatic rings. The molecule has 182 valence electrons. The highest BCUT2D eigenvalue weighted by atomic mass is 16.2. The summed E-state index contributed by atoms with van der Waals surface area (Å²) in [6.07, 6.45) is 1.79. The van der Waals surface area contributed by atoms with E-state index in [4.69, 9.17) is 0 Å². The number of para-hydroxylation sites is 1. The molecule has 1 fully saturated rings. The van der Waals surface area contributed by atoms with Gasteiger partial charge < -0.3 is 19.3 Å². The van der Waals surface area contributed by atoms with E-state index in [9.17, 15) is 9.59 Å². The third-order valence-electron chi connectivity index (χ3n) is 7.69. The summed E-state index contributed by atoms with van der Waals surface area (Å²) in [6, 6.07) is 21.6. The van der Waals surface area contributed by atoms with Crippen LogP contribution in [0.15, 0.2) is 72.9 Å². The van der Waals surface area contributed by atoms with Gasteiger partial charge in [-0.15, -0.1) is 0 Å². The van der Waals surface area contributed by atoms with Crippen LogP contribution in [-0.4, -0.2) is 63.9 Å². The van der Waals surface area contributed by atoms with Crippen molar-refractivity contribution < 1.29 is 9.59 Å². The molecule has 0 radical (unpaired) electrons. The quantitative estimate of drug-likeness (QED) is 0.447. The minimum Gasteiger partial charge on any atom is -0.353 e. The van der Waals surface area contributed by atoms with Crippen molar-refractivity contribution in [3.8, 4) is 0 Å². The Hall–Kier alpha value is -4.13. The van der Waals surface area contributed by atoms with Gasteiger partial charge in [-0.2, -0.15) is 0 Å². The first-order chi connectivity index (χ1) is 17.5. The van der Waals surface area contributed by atoms with Crippen LogP contribution < -0.4 is 4.90 Å². The summed E-state index contributed by atoms with van der Waals surface area (Å²) in [7, 11) is 2.06. The molecule has 2 aromatic heterocycles. The Morgan fingerprint density at radius 2 is 1.67 bits per heavy atom. The van der Waals surface area contributed by atoms with Gasteiger partial charge in [0.15, 0.2) is 0 Å². The first-order valence-corrected chi connectivity index (χ1v) is 12.4. The van der Waals surface area contributed by atoms with Crippen molar-refractivity contribution in [3.63, 3.8) is 0 Å². The second-order valence-corrected chi connectivity index (χ2v) is 9.55. The van der Waals surface area contributed by atoms with E-state index in [1.807, 2.05) is 59.5 Å². The summed E-state index contributed by atoms with van der Waals surface area (Å²) in [5.74, 6) is 0.837. The van der Waals surface area contributed by atoms with Crippen LogP contribution in [0.25, 0.3) is 10.9 Å². The lowest BCUT2D eigenvalue weighted by Gasteiger charge is -2.36. The number of aromatic nitrogens is 2. The first-order valence-electron chi connectivity index (χ1n) is 12.4. The van der Waals surface area contributed by atoms with Crippen LogP contribution in [0.1, 0.15) is 33.2 Å². The van der Waals surface area contributed by atoms with Gasteiger partial charge in [0, 0.05) is 67.1 Å². The van der Waals surface area contributed by atoms with Gasteiger partial charge >= 0.3 is 0 Å². The fourth-order valence-corrected chi connectivity index (χ4v) is 5.71. The zero-order chi connectivity index (χ0) is 24.8. The lowest BCUT2D eigenvalue weighted by Crippen LogP contribution is -2.51. The third-order valence-corrected chi connectivity index (χ3v) is 7.69. The minimum atomic E-state index is -0.293. The normalized spacial score (nSPS) is 17.7. The van der Waals surface area contributed by atoms with Crippen molar-refractivity contribution in [1.29, 1.82) is 0 Å². The second-order valence-electron chi connectivity index (χ2n) is 9.55. The Morgan fingerprint density at radius 3 is 2.44 bits per heavy atom. The maximum atomic E-state index is 13.6. The van der Waals surface area contributed by atoms with Crippen molar-refractivity contribution >= 4 is 28.5 Å². The molecule has 2 amide bonds. The van der Waals surface area contributed by atoms with Crippen LogP contribution in [0.5, 0.6) is 0 Å². The Bertz CT molecular complexity index is 1450. The number of rotatable bonds is 4. The van der Waals surface area contributed by atoms with Gasteiger partial charge in [-0.05, 0) is 36.8 Å². The fraction of sp³-hybridized carbons (Fsp3) is 0.276. The largest absolute Gasteiger partial charge is 0.353 e. The SMILES string of the molecule is Cc1c([C@H]2c3ccccc3C(=O)N2CC(=O)N2CCN(c3ccccn3)CC2)c2ccccc2n1C. The monoisotopic (exact) mass is 479 g/mol. The Balaban J connectivity index is 1.30. The van der Waals surface area contributed by atoms with Crippen LogP contribution >= 0.6 is 0 Å². The van der Waals surface area contributed by atoms with Crippen LogP contribution in [0.4, 0.5) is 5.82 Å². The Morgan fingerprint density at radius 1 is 0.944 bits per heavy atom. The molecule has 0 unspecified atom stereocenters. The Labute approximate surface area is 210 Å². The van der Waals surface area contributed by atoms with Gasteiger partial charge in [-0.25, -0.2) is 4.98 Å². The molecule has 0 spiro atoms. The zero-order valence-electron chi connectivity index (χ0n) is 20.6. The summed E-state index contributed by atoms with van der Waals surface area (Å²) in [4.78, 5) is 37.4. The van der Waals surface area contributed by atoms with E-state index in [0.29, 0.717) is 18.7 Å². The van der Waals surface area contributed by atoms with Crippen molar-refractivity contribution in [2.75, 3.05) is 37.6 Å². The van der Waals surface area contributed by atoms with Gasteiger partial charge in [0.2, 0.25) is 5.91 Å². The predicted octanol–water partition coefficient (Wildman–Crippen LogP) is 3.78. The van der Waals surface area contributed by atoms with Crippen molar-refractivity contribution in [2.45, 2.75) is 13.0 Å². The number of benzene rings is 2. The lowest BCUT2D eigenvalue weighted by molar-refractivity contribution is -0.132. The molecule has 0 saturated carbocycles. The van der Waals surface area contributed by atoms with Crippen LogP contribution in [-0.2, 0) is 11.8 Å². The van der Waals surface area contributed by atoms with Gasteiger partial charge in [-0.3, -0.25) is 9.59 Å². The number of nitrogens with zero attached hydrogens (tertiary/aromatic N) is 5. The summed E-state index contributed by atoms with van der Waals surface area (Å²) in [6.45, 7) is 4.83. The molecular formula is C29H29N5O2. The van der Waals surface area contributed by atoms with Crippen LogP contribution in [0.2, 0.25) is 0 Å². The molecular weight excluding hydrogens is 450 g/mol. The van der Waals surface area contributed by atoms with Gasteiger partial charge in [0.1, 0.15) is 12.4 Å². The van der Waals surface area contributed by atoms with E-state index in [-0.39, 0.29) is 24.4 Å². The maximum Gasteiger partial charge on any atom is 0.255 e. The summed E-state index contributed by atoms with van der Waals surface area (Å²) >= 11 is 0. The number of hydrogen-bond donors (Lipinski definition) is 0. The predicted molar refractivity (Wildman–Crippen MR) is 140 cm³/mol. The van der Waals surface area contributed by atoms with Gasteiger partial charge in [-0.1, -0.05) is 42.5 Å². The molecule has 36 heavy (non-hydrogen) atoms. The summed E-state index contributed by atoms with van der Waals surface area (Å²) in [5, 5.41) is 1.12. The first kappa shape index (κ1) is 22.3. The standard InChI is InChI=1S/C29H29N5O2/c1-20-27(23-11-5-6-12-24(23)31(20)2)28-21-9-3-4-10-22(21)29(36)34(28)19-26(35)33-17-15-32(16-18-33)25-13-7-8-14-30-25/h3-14,28H,15-19H2,1-2H3/t28-/m1/s1. The Kier molecular flexibility index (Phi) is 5.48. The average Bonchev–Trinajstić information content (AvgIpc) is 3.34. The zero-order valence-corrected chi connectivity index (χ0v) is 20.6. The third kappa shape index (κ3) is 3.54. The number of amides is 2. The molecule has 2 aliphatic heterocycles. The number of aryl methyl sites for hydroxylation is 1. The number of pyridine rings is 1. The highest BCUT2D eigenvalue weighted by molar-refractivity contribution is 6.02. The molecule has 0 N–H and O–H groups in total. The fourth-order valence-electron chi connectivity index (χ4n) is 5.71. The van der Waals surface area contributed by atoms with Crippen molar-refractivity contribution in [2.24, 2.45) is 7.05 Å². The number of fused-ring (bicyclic) bond motifs is 2. The molecule has 7 nitrogen and oxygen atoms in total. The van der Waals surface area contributed by atoms with E-state index in [2.05, 4.69) is 40.6 Å². The molecule has 0 bridgehead atoms. The molecule has 4 heterocycles. The smallest absolute Gasteiger partial charge is 0.255 e. The summed E-state index contributed by atoms with van der Waals surface area (Å²) in [5.41, 5.74) is 4.97. The van der Waals surface area contributed by atoms with Crippen molar-refractivity contribution in [3.05, 3.63) is 95.3 Å². The van der Waals surface area contributed by atoms with Crippen LogP contribution in [0.3, 0.4) is 0 Å². The summed E-state index contributed by atoms with van der Waals surface area (Å²) < 4.78 is 2.17. The number of hydrogen-bond acceptors (Lipinski definition) is 4. The lowest BCUT2D eigenvalue weighted by atomic mass is 9.95. The molecule has 4 aromatic rings. The number of anilines is 1. The minimum absolute atomic E-state index is 0.0142. The number of piperazine rings is 1. The second kappa shape index (κ2) is 8.82. The highest BCUT2D eigenvalue weighted by Crippen LogP contribution is 2.43. The molecule has 6 rings (SSSR count). The molecule has 0 aliphatic carbocycles.